The molecule has 0 aliphatic carbocycles. The summed E-state index contributed by atoms with van der Waals surface area (Å²) in [6, 6.07) is 7.51. The number of benzene rings is 1. The number of carbonyl (C=O) groups excluding carboxylic acids is 1. The lowest BCUT2D eigenvalue weighted by Crippen LogP contribution is -2.21. The van der Waals surface area contributed by atoms with Crippen molar-refractivity contribution >= 4 is 12.0 Å². The Balaban J connectivity index is 2.30. The van der Waals surface area contributed by atoms with Gasteiger partial charge in [-0.05, 0) is 36.6 Å². The monoisotopic (exact) mass is 257 g/mol. The van der Waals surface area contributed by atoms with Crippen molar-refractivity contribution in [3.8, 4) is 18.1 Å². The van der Waals surface area contributed by atoms with Crippen LogP contribution in [0.3, 0.4) is 0 Å². The molecule has 0 saturated heterocycles. The molecule has 1 N–H and O–H groups in total. The maximum atomic E-state index is 11.5. The lowest BCUT2D eigenvalue weighted by atomic mass is 10.2. The second-order valence-corrected chi connectivity index (χ2v) is 4.06. The van der Waals surface area contributed by atoms with Gasteiger partial charge in [-0.25, -0.2) is 0 Å². The number of hydrogen-bond donors (Lipinski definition) is 1. The first kappa shape index (κ1) is 14.8. The van der Waals surface area contributed by atoms with E-state index in [1.165, 1.54) is 6.08 Å². The highest BCUT2D eigenvalue weighted by Gasteiger charge is 1.95. The molecule has 0 aliphatic heterocycles. The van der Waals surface area contributed by atoms with E-state index in [2.05, 4.69) is 11.2 Å². The van der Waals surface area contributed by atoms with Crippen molar-refractivity contribution in [3.05, 3.63) is 35.9 Å². The van der Waals surface area contributed by atoms with Gasteiger partial charge >= 0.3 is 0 Å². The number of rotatable bonds is 7. The molecule has 0 saturated carbocycles. The second kappa shape index (κ2) is 8.82. The largest absolute Gasteiger partial charge is 0.497 e. The zero-order valence-electron chi connectivity index (χ0n) is 11.2. The van der Waals surface area contributed by atoms with Crippen LogP contribution in [-0.2, 0) is 4.79 Å². The van der Waals surface area contributed by atoms with Crippen molar-refractivity contribution in [3.63, 3.8) is 0 Å². The Labute approximate surface area is 114 Å². The standard InChI is InChI=1S/C16H19NO2/c1-3-4-5-6-13-17-16(18)12-9-14-7-10-15(19-2)11-8-14/h1,7-12H,4-6,13H2,2H3,(H,17,18)/b12-9+. The quantitative estimate of drug-likeness (QED) is 0.463. The Kier molecular flexibility index (Phi) is 6.89. The van der Waals surface area contributed by atoms with E-state index in [0.717, 1.165) is 30.6 Å². The predicted molar refractivity (Wildman–Crippen MR) is 77.7 cm³/mol. The lowest BCUT2D eigenvalue weighted by Gasteiger charge is -2.01. The van der Waals surface area contributed by atoms with Crippen LogP contribution in [0.25, 0.3) is 6.08 Å². The van der Waals surface area contributed by atoms with Crippen LogP contribution in [0.5, 0.6) is 5.75 Å². The molecule has 1 amide bonds. The fourth-order valence-electron chi connectivity index (χ4n) is 1.51. The SMILES string of the molecule is C#CCCCCNC(=O)/C=C/c1ccc(OC)cc1. The van der Waals surface area contributed by atoms with Gasteiger partial charge in [0.2, 0.25) is 5.91 Å². The topological polar surface area (TPSA) is 38.3 Å². The first-order chi connectivity index (χ1) is 9.26. The van der Waals surface area contributed by atoms with E-state index in [9.17, 15) is 4.79 Å². The molecule has 3 nitrogen and oxygen atoms in total. The van der Waals surface area contributed by atoms with E-state index in [1.54, 1.807) is 13.2 Å². The van der Waals surface area contributed by atoms with Gasteiger partial charge in [0, 0.05) is 19.0 Å². The first-order valence-electron chi connectivity index (χ1n) is 6.29. The van der Waals surface area contributed by atoms with E-state index < -0.39 is 0 Å². The van der Waals surface area contributed by atoms with E-state index >= 15 is 0 Å². The molecule has 1 rings (SSSR count). The third-order valence-electron chi connectivity index (χ3n) is 2.59. The zero-order valence-corrected chi connectivity index (χ0v) is 11.2. The molecule has 0 aromatic heterocycles. The number of ether oxygens (including phenoxy) is 1. The third kappa shape index (κ3) is 6.32. The van der Waals surface area contributed by atoms with Crippen LogP contribution in [0.15, 0.2) is 30.3 Å². The molecular formula is C16H19NO2. The molecule has 0 heterocycles. The molecule has 0 atom stereocenters. The number of unbranched alkanes of at least 4 members (excludes halogenated alkanes) is 2. The van der Waals surface area contributed by atoms with Gasteiger partial charge in [0.05, 0.1) is 7.11 Å². The maximum absolute atomic E-state index is 11.5. The van der Waals surface area contributed by atoms with Gasteiger partial charge < -0.3 is 10.1 Å². The maximum Gasteiger partial charge on any atom is 0.243 e. The van der Waals surface area contributed by atoms with E-state index in [1.807, 2.05) is 24.3 Å². The Morgan fingerprint density at radius 2 is 2.11 bits per heavy atom. The van der Waals surface area contributed by atoms with Gasteiger partial charge in [0.25, 0.3) is 0 Å². The highest BCUT2D eigenvalue weighted by molar-refractivity contribution is 5.91. The van der Waals surface area contributed by atoms with E-state index in [-0.39, 0.29) is 5.91 Å². The molecule has 0 unspecified atom stereocenters. The van der Waals surface area contributed by atoms with Crippen LogP contribution in [0.1, 0.15) is 24.8 Å². The summed E-state index contributed by atoms with van der Waals surface area (Å²) in [5, 5.41) is 2.82. The fraction of sp³-hybridized carbons (Fsp3) is 0.312. The zero-order chi connectivity index (χ0) is 13.9. The summed E-state index contributed by atoms with van der Waals surface area (Å²) in [5.74, 6) is 3.29. The van der Waals surface area contributed by atoms with Crippen molar-refractivity contribution in [2.75, 3.05) is 13.7 Å². The minimum absolute atomic E-state index is 0.0866. The van der Waals surface area contributed by atoms with Crippen molar-refractivity contribution in [1.82, 2.24) is 5.32 Å². The van der Waals surface area contributed by atoms with E-state index in [4.69, 9.17) is 11.2 Å². The second-order valence-electron chi connectivity index (χ2n) is 4.06. The van der Waals surface area contributed by atoms with Gasteiger partial charge in [-0.3, -0.25) is 4.79 Å². The Hall–Kier alpha value is -2.21. The van der Waals surface area contributed by atoms with E-state index in [0.29, 0.717) is 6.54 Å². The summed E-state index contributed by atoms with van der Waals surface area (Å²) in [6.07, 6.45) is 11.1. The van der Waals surface area contributed by atoms with Crippen LogP contribution in [-0.4, -0.2) is 19.6 Å². The summed E-state index contributed by atoms with van der Waals surface area (Å²) in [6.45, 7) is 0.660. The van der Waals surface area contributed by atoms with Crippen molar-refractivity contribution in [2.45, 2.75) is 19.3 Å². The summed E-state index contributed by atoms with van der Waals surface area (Å²) in [4.78, 5) is 11.5. The van der Waals surface area contributed by atoms with Crippen molar-refractivity contribution in [1.29, 1.82) is 0 Å². The van der Waals surface area contributed by atoms with Gasteiger partial charge in [-0.15, -0.1) is 12.3 Å². The Morgan fingerprint density at radius 3 is 2.74 bits per heavy atom. The first-order valence-corrected chi connectivity index (χ1v) is 6.29. The molecule has 1 aromatic rings. The normalized spacial score (nSPS) is 10.1. The summed E-state index contributed by atoms with van der Waals surface area (Å²) >= 11 is 0. The number of nitrogens with one attached hydrogen (secondary N) is 1. The Morgan fingerprint density at radius 1 is 1.37 bits per heavy atom. The summed E-state index contributed by atoms with van der Waals surface area (Å²) in [7, 11) is 1.62. The molecule has 0 aliphatic rings. The minimum atomic E-state index is -0.0866. The van der Waals surface area contributed by atoms with Crippen molar-refractivity contribution in [2.24, 2.45) is 0 Å². The fourth-order valence-corrected chi connectivity index (χ4v) is 1.51. The molecule has 0 bridgehead atoms. The van der Waals surface area contributed by atoms with Crippen LogP contribution in [0, 0.1) is 12.3 Å². The van der Waals surface area contributed by atoms with Crippen LogP contribution >= 0.6 is 0 Å². The highest BCUT2D eigenvalue weighted by atomic mass is 16.5. The smallest absolute Gasteiger partial charge is 0.243 e. The number of methoxy groups -OCH3 is 1. The number of terminal acetylenes is 1. The van der Waals surface area contributed by atoms with Gasteiger partial charge in [-0.2, -0.15) is 0 Å². The van der Waals surface area contributed by atoms with Gasteiger partial charge in [-0.1, -0.05) is 12.1 Å². The van der Waals surface area contributed by atoms with Gasteiger partial charge in [0.15, 0.2) is 0 Å². The number of amides is 1. The third-order valence-corrected chi connectivity index (χ3v) is 2.59. The van der Waals surface area contributed by atoms with Crippen LogP contribution < -0.4 is 10.1 Å². The lowest BCUT2D eigenvalue weighted by molar-refractivity contribution is -0.116. The molecule has 0 fully saturated rings. The molecule has 19 heavy (non-hydrogen) atoms. The average molecular weight is 257 g/mol. The average Bonchev–Trinajstić information content (AvgIpc) is 2.45. The Bertz CT molecular complexity index is 455. The van der Waals surface area contributed by atoms with Crippen LogP contribution in [0.2, 0.25) is 0 Å². The number of carbonyl (C=O) groups is 1. The minimum Gasteiger partial charge on any atom is -0.497 e. The summed E-state index contributed by atoms with van der Waals surface area (Å²) in [5.41, 5.74) is 0.961. The predicted octanol–water partition coefficient (Wildman–Crippen LogP) is 2.63. The van der Waals surface area contributed by atoms with Crippen molar-refractivity contribution < 1.29 is 9.53 Å². The van der Waals surface area contributed by atoms with Gasteiger partial charge in [0.1, 0.15) is 5.75 Å². The molecule has 1 aromatic carbocycles. The summed E-state index contributed by atoms with van der Waals surface area (Å²) < 4.78 is 5.06. The number of hydrogen-bond acceptors (Lipinski definition) is 2. The highest BCUT2D eigenvalue weighted by Crippen LogP contribution is 2.12. The van der Waals surface area contributed by atoms with Crippen LogP contribution in [0.4, 0.5) is 0 Å². The molecule has 0 spiro atoms. The molecule has 0 radical (unpaired) electrons. The molecule has 100 valence electrons. The molecular weight excluding hydrogens is 238 g/mol. The molecule has 3 heteroatoms.